The second kappa shape index (κ2) is 7.98. The fourth-order valence-electron chi connectivity index (χ4n) is 3.49. The van der Waals surface area contributed by atoms with Gasteiger partial charge in [-0.3, -0.25) is 0 Å². The highest BCUT2D eigenvalue weighted by Gasteiger charge is 2.30. The number of benzene rings is 1. The second-order valence-electron chi connectivity index (χ2n) is 7.28. The normalized spacial score (nSPS) is 15.5. The second-order valence-corrected chi connectivity index (χ2v) is 9.59. The van der Waals surface area contributed by atoms with Crippen molar-refractivity contribution in [3.8, 4) is 5.82 Å². The molecule has 0 radical (unpaired) electrons. The average Bonchev–Trinajstić information content (AvgIpc) is 3.01. The lowest BCUT2D eigenvalue weighted by Crippen LogP contribution is -2.49. The maximum absolute atomic E-state index is 12.9. The molecule has 0 aliphatic carbocycles. The van der Waals surface area contributed by atoms with E-state index in [1.54, 1.807) is 22.9 Å². The molecule has 158 valence electrons. The topological polar surface area (TPSA) is 84.2 Å². The molecule has 10 heteroatoms. The molecule has 1 saturated heterocycles. The number of nitrogens with zero attached hydrogens (tertiary/aromatic N) is 6. The number of halogens is 1. The van der Waals surface area contributed by atoms with Crippen molar-refractivity contribution < 1.29 is 8.42 Å². The Morgan fingerprint density at radius 3 is 2.10 bits per heavy atom. The van der Waals surface area contributed by atoms with Crippen LogP contribution in [0.4, 0.5) is 5.82 Å². The van der Waals surface area contributed by atoms with Crippen molar-refractivity contribution in [2.45, 2.75) is 25.7 Å². The van der Waals surface area contributed by atoms with Gasteiger partial charge >= 0.3 is 0 Å². The third-order valence-electron chi connectivity index (χ3n) is 5.52. The van der Waals surface area contributed by atoms with Crippen LogP contribution in [0.5, 0.6) is 0 Å². The molecule has 4 rings (SSSR count). The summed E-state index contributed by atoms with van der Waals surface area (Å²) in [5, 5.41) is 13.4. The molecule has 3 heterocycles. The van der Waals surface area contributed by atoms with Crippen LogP contribution in [-0.2, 0) is 10.0 Å². The summed E-state index contributed by atoms with van der Waals surface area (Å²) in [5.41, 5.74) is 3.14. The molecule has 0 spiro atoms. The minimum Gasteiger partial charge on any atom is -0.352 e. The molecule has 1 fully saturated rings. The van der Waals surface area contributed by atoms with E-state index in [9.17, 15) is 8.42 Å². The Labute approximate surface area is 181 Å². The Morgan fingerprint density at radius 2 is 1.53 bits per heavy atom. The van der Waals surface area contributed by atoms with Crippen molar-refractivity contribution >= 4 is 27.4 Å². The lowest BCUT2D eigenvalue weighted by atomic mass is 10.2. The minimum atomic E-state index is -3.62. The largest absolute Gasteiger partial charge is 0.352 e. The average molecular weight is 447 g/mol. The fourth-order valence-corrected chi connectivity index (χ4v) is 5.41. The van der Waals surface area contributed by atoms with Gasteiger partial charge < -0.3 is 4.90 Å². The summed E-state index contributed by atoms with van der Waals surface area (Å²) in [7, 11) is -3.62. The number of anilines is 1. The van der Waals surface area contributed by atoms with Gasteiger partial charge in [0, 0.05) is 31.9 Å². The van der Waals surface area contributed by atoms with Crippen molar-refractivity contribution in [3.63, 3.8) is 0 Å². The van der Waals surface area contributed by atoms with E-state index >= 15 is 0 Å². The van der Waals surface area contributed by atoms with Crippen molar-refractivity contribution in [1.82, 2.24) is 24.3 Å². The van der Waals surface area contributed by atoms with Crippen molar-refractivity contribution in [2.24, 2.45) is 0 Å². The molecule has 2 aromatic heterocycles. The van der Waals surface area contributed by atoms with Gasteiger partial charge in [0.2, 0.25) is 10.0 Å². The summed E-state index contributed by atoms with van der Waals surface area (Å²) in [5.74, 6) is 1.37. The first-order chi connectivity index (χ1) is 14.3. The highest BCUT2D eigenvalue weighted by atomic mass is 35.5. The van der Waals surface area contributed by atoms with E-state index in [4.69, 9.17) is 11.6 Å². The maximum Gasteiger partial charge on any atom is 0.244 e. The summed E-state index contributed by atoms with van der Waals surface area (Å²) in [4.78, 5) is 2.17. The Bertz CT molecular complexity index is 1170. The van der Waals surface area contributed by atoms with Gasteiger partial charge in [0.1, 0.15) is 4.90 Å². The molecule has 1 aromatic carbocycles. The van der Waals surface area contributed by atoms with Gasteiger partial charge in [-0.2, -0.15) is 9.40 Å². The maximum atomic E-state index is 12.9. The van der Waals surface area contributed by atoms with Crippen molar-refractivity contribution in [2.75, 3.05) is 31.1 Å². The molecule has 0 unspecified atom stereocenters. The number of sulfonamides is 1. The molecule has 0 saturated carbocycles. The molecule has 0 atom stereocenters. The fraction of sp³-hybridized carbons (Fsp3) is 0.350. The summed E-state index contributed by atoms with van der Waals surface area (Å²) in [6.45, 7) is 7.77. The zero-order chi connectivity index (χ0) is 21.5. The van der Waals surface area contributed by atoms with Crippen LogP contribution in [0, 0.1) is 20.8 Å². The van der Waals surface area contributed by atoms with Crippen LogP contribution < -0.4 is 4.90 Å². The summed E-state index contributed by atoms with van der Waals surface area (Å²) in [6.07, 6.45) is 0. The number of hydrogen-bond donors (Lipinski definition) is 0. The van der Waals surface area contributed by atoms with Gasteiger partial charge in [0.15, 0.2) is 11.6 Å². The Morgan fingerprint density at radius 1 is 0.900 bits per heavy atom. The predicted molar refractivity (Wildman–Crippen MR) is 116 cm³/mol. The number of rotatable bonds is 4. The number of aromatic nitrogens is 4. The Balaban J connectivity index is 1.47. The molecule has 1 aliphatic heterocycles. The van der Waals surface area contributed by atoms with Gasteiger partial charge in [-0.05, 0) is 50.6 Å². The SMILES string of the molecule is Cc1nn(-c2ccc(N3CCN(S(=O)(=O)c4ccccc4Cl)CC3)nn2)c(C)c1C. The van der Waals surface area contributed by atoms with Gasteiger partial charge in [-0.25, -0.2) is 13.1 Å². The lowest BCUT2D eigenvalue weighted by Gasteiger charge is -2.34. The minimum absolute atomic E-state index is 0.143. The van der Waals surface area contributed by atoms with Crippen LogP contribution in [0.2, 0.25) is 5.02 Å². The first kappa shape index (κ1) is 20.8. The monoisotopic (exact) mass is 446 g/mol. The zero-order valence-electron chi connectivity index (χ0n) is 17.1. The van der Waals surface area contributed by atoms with Gasteiger partial charge in [-0.1, -0.05) is 23.7 Å². The third-order valence-corrected chi connectivity index (χ3v) is 7.92. The van der Waals surface area contributed by atoms with E-state index in [-0.39, 0.29) is 9.92 Å². The first-order valence-electron chi connectivity index (χ1n) is 9.65. The van der Waals surface area contributed by atoms with Crippen LogP contribution in [-0.4, -0.2) is 58.9 Å². The molecule has 8 nitrogen and oxygen atoms in total. The number of piperazine rings is 1. The quantitative estimate of drug-likeness (QED) is 0.612. The van der Waals surface area contributed by atoms with Gasteiger partial charge in [0.25, 0.3) is 0 Å². The molecular formula is C20H23ClN6O2S. The highest BCUT2D eigenvalue weighted by Crippen LogP contribution is 2.26. The third kappa shape index (κ3) is 3.68. The van der Waals surface area contributed by atoms with Crippen molar-refractivity contribution in [1.29, 1.82) is 0 Å². The molecule has 3 aromatic rings. The van der Waals surface area contributed by atoms with Crippen LogP contribution >= 0.6 is 11.6 Å². The van der Waals surface area contributed by atoms with E-state index < -0.39 is 10.0 Å². The summed E-state index contributed by atoms with van der Waals surface area (Å²) < 4.78 is 29.0. The van der Waals surface area contributed by atoms with E-state index in [0.29, 0.717) is 37.8 Å². The summed E-state index contributed by atoms with van der Waals surface area (Å²) in [6, 6.07) is 10.3. The standard InChI is InChI=1S/C20H23ClN6O2S/c1-14-15(2)24-27(16(14)3)20-9-8-19(22-23-20)25-10-12-26(13-11-25)30(28,29)18-7-5-4-6-17(18)21/h4-9H,10-13H2,1-3H3. The zero-order valence-corrected chi connectivity index (χ0v) is 18.7. The lowest BCUT2D eigenvalue weighted by molar-refractivity contribution is 0.383. The Hall–Kier alpha value is -2.49. The molecule has 0 N–H and O–H groups in total. The van der Waals surface area contributed by atoms with E-state index in [0.717, 1.165) is 17.0 Å². The molecule has 30 heavy (non-hydrogen) atoms. The van der Waals surface area contributed by atoms with Crippen molar-refractivity contribution in [3.05, 3.63) is 58.4 Å². The van der Waals surface area contributed by atoms with E-state index in [1.807, 2.05) is 37.8 Å². The number of hydrogen-bond acceptors (Lipinski definition) is 6. The molecular weight excluding hydrogens is 424 g/mol. The van der Waals surface area contributed by atoms with Crippen LogP contribution in [0.25, 0.3) is 5.82 Å². The Kier molecular flexibility index (Phi) is 5.52. The van der Waals surface area contributed by atoms with Gasteiger partial charge in [0.05, 0.1) is 10.7 Å². The molecule has 0 bridgehead atoms. The highest BCUT2D eigenvalue weighted by molar-refractivity contribution is 7.89. The number of aryl methyl sites for hydroxylation is 1. The molecule has 0 amide bonds. The van der Waals surface area contributed by atoms with Gasteiger partial charge in [-0.15, -0.1) is 10.2 Å². The summed E-state index contributed by atoms with van der Waals surface area (Å²) >= 11 is 6.10. The predicted octanol–water partition coefficient (Wildman–Crippen LogP) is 2.75. The first-order valence-corrected chi connectivity index (χ1v) is 11.5. The van der Waals surface area contributed by atoms with Crippen LogP contribution in [0.1, 0.15) is 17.0 Å². The smallest absolute Gasteiger partial charge is 0.244 e. The van der Waals surface area contributed by atoms with E-state index in [1.165, 1.54) is 10.4 Å². The van der Waals surface area contributed by atoms with Crippen LogP contribution in [0.15, 0.2) is 41.3 Å². The van der Waals surface area contributed by atoms with E-state index in [2.05, 4.69) is 15.3 Å². The van der Waals surface area contributed by atoms with Crippen LogP contribution in [0.3, 0.4) is 0 Å². The molecule has 1 aliphatic rings.